The van der Waals surface area contributed by atoms with Crippen LogP contribution in [0.2, 0.25) is 0 Å². The lowest BCUT2D eigenvalue weighted by molar-refractivity contribution is -0.118. The van der Waals surface area contributed by atoms with Gasteiger partial charge in [0.1, 0.15) is 11.3 Å². The minimum absolute atomic E-state index is 0.371. The van der Waals surface area contributed by atoms with Crippen LogP contribution >= 0.6 is 0 Å². The first-order chi connectivity index (χ1) is 10.2. The van der Waals surface area contributed by atoms with Crippen molar-refractivity contribution in [3.05, 3.63) is 24.2 Å². The summed E-state index contributed by atoms with van der Waals surface area (Å²) in [5.74, 6) is 0.928. The molecule has 0 aliphatic carbocycles. The van der Waals surface area contributed by atoms with Gasteiger partial charge in [-0.25, -0.2) is 4.98 Å². The standard InChI is InChI=1S/C14H18N4O3/c1-2-20-14(5-7-19-8-6-14)13-17-12(21-18-13)11-4-3-10(15)9-16-11/h3-4,9H,2,5-8,15H2,1H3. The average Bonchev–Trinajstić information content (AvgIpc) is 3.00. The molecule has 1 aliphatic heterocycles. The van der Waals surface area contributed by atoms with Crippen molar-refractivity contribution < 1.29 is 14.0 Å². The highest BCUT2D eigenvalue weighted by Gasteiger charge is 2.40. The van der Waals surface area contributed by atoms with Crippen LogP contribution in [-0.4, -0.2) is 34.9 Å². The Balaban J connectivity index is 1.90. The van der Waals surface area contributed by atoms with E-state index in [0.717, 1.165) is 12.8 Å². The van der Waals surface area contributed by atoms with E-state index in [-0.39, 0.29) is 0 Å². The van der Waals surface area contributed by atoms with Crippen LogP contribution in [-0.2, 0) is 15.1 Å². The molecular formula is C14H18N4O3. The summed E-state index contributed by atoms with van der Waals surface area (Å²) in [6.45, 7) is 3.80. The van der Waals surface area contributed by atoms with Gasteiger partial charge < -0.3 is 19.7 Å². The summed E-state index contributed by atoms with van der Waals surface area (Å²) in [7, 11) is 0. The molecule has 112 valence electrons. The first kappa shape index (κ1) is 14.0. The Morgan fingerprint density at radius 1 is 1.33 bits per heavy atom. The van der Waals surface area contributed by atoms with Gasteiger partial charge in [0, 0.05) is 32.7 Å². The van der Waals surface area contributed by atoms with Gasteiger partial charge in [0.25, 0.3) is 5.89 Å². The van der Waals surface area contributed by atoms with Crippen molar-refractivity contribution in [1.29, 1.82) is 0 Å². The van der Waals surface area contributed by atoms with E-state index in [1.54, 1.807) is 18.3 Å². The third-order valence-electron chi connectivity index (χ3n) is 3.56. The number of nitrogens with zero attached hydrogens (tertiary/aromatic N) is 3. The largest absolute Gasteiger partial charge is 0.397 e. The van der Waals surface area contributed by atoms with Crippen LogP contribution in [0.15, 0.2) is 22.9 Å². The maximum atomic E-state index is 5.92. The Labute approximate surface area is 122 Å². The molecule has 0 spiro atoms. The molecule has 0 aromatic carbocycles. The molecule has 3 rings (SSSR count). The summed E-state index contributed by atoms with van der Waals surface area (Å²) >= 11 is 0. The molecule has 0 amide bonds. The van der Waals surface area contributed by atoms with Crippen LogP contribution in [0.25, 0.3) is 11.6 Å². The Morgan fingerprint density at radius 2 is 2.14 bits per heavy atom. The zero-order valence-electron chi connectivity index (χ0n) is 11.9. The number of pyridine rings is 1. The lowest BCUT2D eigenvalue weighted by atomic mass is 9.93. The normalized spacial score (nSPS) is 17.8. The number of ether oxygens (including phenoxy) is 2. The van der Waals surface area contributed by atoms with Crippen molar-refractivity contribution in [3.8, 4) is 11.6 Å². The highest BCUT2D eigenvalue weighted by molar-refractivity contribution is 5.50. The quantitative estimate of drug-likeness (QED) is 0.916. The average molecular weight is 290 g/mol. The second-order valence-corrected chi connectivity index (χ2v) is 4.94. The van der Waals surface area contributed by atoms with Crippen molar-refractivity contribution in [2.24, 2.45) is 0 Å². The number of rotatable bonds is 4. The number of anilines is 1. The molecule has 7 nitrogen and oxygen atoms in total. The minimum atomic E-state index is -0.525. The molecule has 0 bridgehead atoms. The number of nitrogens with two attached hydrogens (primary N) is 1. The Kier molecular flexibility index (Phi) is 3.85. The number of nitrogen functional groups attached to an aromatic ring is 1. The van der Waals surface area contributed by atoms with E-state index in [0.29, 0.717) is 42.9 Å². The molecule has 3 heterocycles. The van der Waals surface area contributed by atoms with Crippen LogP contribution in [0.4, 0.5) is 5.69 Å². The van der Waals surface area contributed by atoms with Gasteiger partial charge >= 0.3 is 0 Å². The molecule has 21 heavy (non-hydrogen) atoms. The summed E-state index contributed by atoms with van der Waals surface area (Å²) < 4.78 is 16.7. The van der Waals surface area contributed by atoms with Crippen LogP contribution in [0.3, 0.4) is 0 Å². The van der Waals surface area contributed by atoms with E-state index in [1.165, 1.54) is 0 Å². The van der Waals surface area contributed by atoms with Crippen LogP contribution in [0.5, 0.6) is 0 Å². The van der Waals surface area contributed by atoms with E-state index in [1.807, 2.05) is 6.92 Å². The number of aromatic nitrogens is 3. The van der Waals surface area contributed by atoms with Gasteiger partial charge in [-0.1, -0.05) is 5.16 Å². The maximum Gasteiger partial charge on any atom is 0.276 e. The zero-order chi connectivity index (χ0) is 14.7. The molecular weight excluding hydrogens is 272 g/mol. The van der Waals surface area contributed by atoms with Crippen molar-refractivity contribution in [3.63, 3.8) is 0 Å². The summed E-state index contributed by atoms with van der Waals surface area (Å²) in [6.07, 6.45) is 3.00. The van der Waals surface area contributed by atoms with Crippen molar-refractivity contribution in [2.45, 2.75) is 25.4 Å². The van der Waals surface area contributed by atoms with E-state index >= 15 is 0 Å². The Morgan fingerprint density at radius 3 is 2.81 bits per heavy atom. The monoisotopic (exact) mass is 290 g/mol. The summed E-state index contributed by atoms with van der Waals surface area (Å²) in [4.78, 5) is 8.65. The highest BCUT2D eigenvalue weighted by Crippen LogP contribution is 2.35. The first-order valence-electron chi connectivity index (χ1n) is 7.01. The van der Waals surface area contributed by atoms with E-state index in [4.69, 9.17) is 19.7 Å². The van der Waals surface area contributed by atoms with Gasteiger partial charge in [0.2, 0.25) is 5.82 Å². The topological polar surface area (TPSA) is 96.3 Å². The SMILES string of the molecule is CCOC1(c2noc(-c3ccc(N)cn3)n2)CCOCC1. The third-order valence-corrected chi connectivity index (χ3v) is 3.56. The molecule has 1 fully saturated rings. The minimum Gasteiger partial charge on any atom is -0.397 e. The second kappa shape index (κ2) is 5.79. The van der Waals surface area contributed by atoms with Gasteiger partial charge in [-0.3, -0.25) is 0 Å². The second-order valence-electron chi connectivity index (χ2n) is 4.94. The lowest BCUT2D eigenvalue weighted by Crippen LogP contribution is -2.37. The van der Waals surface area contributed by atoms with Crippen LogP contribution in [0.1, 0.15) is 25.6 Å². The maximum absolute atomic E-state index is 5.92. The van der Waals surface area contributed by atoms with Gasteiger partial charge in [0.15, 0.2) is 0 Å². The molecule has 0 saturated carbocycles. The van der Waals surface area contributed by atoms with Gasteiger partial charge in [-0.15, -0.1) is 0 Å². The fourth-order valence-corrected chi connectivity index (χ4v) is 2.45. The summed E-state index contributed by atoms with van der Waals surface area (Å²) in [5.41, 5.74) is 6.29. The van der Waals surface area contributed by atoms with Crippen molar-refractivity contribution in [2.75, 3.05) is 25.6 Å². The van der Waals surface area contributed by atoms with Gasteiger partial charge in [0.05, 0.1) is 11.9 Å². The molecule has 2 N–H and O–H groups in total. The fourth-order valence-electron chi connectivity index (χ4n) is 2.45. The third kappa shape index (κ3) is 2.74. The van der Waals surface area contributed by atoms with E-state index in [2.05, 4.69) is 15.1 Å². The molecule has 0 unspecified atom stereocenters. The summed E-state index contributed by atoms with van der Waals surface area (Å²) in [6, 6.07) is 3.50. The molecule has 1 saturated heterocycles. The van der Waals surface area contributed by atoms with Gasteiger partial charge in [-0.2, -0.15) is 4.98 Å². The fraction of sp³-hybridized carbons (Fsp3) is 0.500. The summed E-state index contributed by atoms with van der Waals surface area (Å²) in [5, 5.41) is 4.09. The predicted molar refractivity (Wildman–Crippen MR) is 75.3 cm³/mol. The van der Waals surface area contributed by atoms with Crippen LogP contribution < -0.4 is 5.73 Å². The zero-order valence-corrected chi connectivity index (χ0v) is 11.9. The molecule has 1 aliphatic rings. The number of hydrogen-bond acceptors (Lipinski definition) is 7. The van der Waals surface area contributed by atoms with E-state index in [9.17, 15) is 0 Å². The number of hydrogen-bond donors (Lipinski definition) is 1. The van der Waals surface area contributed by atoms with Gasteiger partial charge in [-0.05, 0) is 19.1 Å². The molecule has 0 atom stereocenters. The van der Waals surface area contributed by atoms with Crippen molar-refractivity contribution in [1.82, 2.24) is 15.1 Å². The van der Waals surface area contributed by atoms with Crippen molar-refractivity contribution >= 4 is 5.69 Å². The Hall–Kier alpha value is -1.99. The van der Waals surface area contributed by atoms with Crippen LogP contribution in [0, 0.1) is 0 Å². The Bertz CT molecular complexity index is 585. The molecule has 2 aromatic rings. The molecule has 2 aromatic heterocycles. The smallest absolute Gasteiger partial charge is 0.276 e. The molecule has 0 radical (unpaired) electrons. The van der Waals surface area contributed by atoms with E-state index < -0.39 is 5.60 Å². The lowest BCUT2D eigenvalue weighted by Gasteiger charge is -2.33. The highest BCUT2D eigenvalue weighted by atomic mass is 16.5. The predicted octanol–water partition coefficient (Wildman–Crippen LogP) is 1.76. The molecule has 7 heteroatoms. The first-order valence-corrected chi connectivity index (χ1v) is 7.01.